The molecule has 0 unspecified atom stereocenters. The van der Waals surface area contributed by atoms with Gasteiger partial charge in [-0.2, -0.15) is 0 Å². The van der Waals surface area contributed by atoms with Gasteiger partial charge in [0.15, 0.2) is 0 Å². The number of aromatic carboxylic acids is 1. The monoisotopic (exact) mass is 375 g/mol. The van der Waals surface area contributed by atoms with Gasteiger partial charge in [-0.15, -0.1) is 0 Å². The van der Waals surface area contributed by atoms with Gasteiger partial charge in [-0.3, -0.25) is 9.69 Å². The van der Waals surface area contributed by atoms with Crippen LogP contribution in [0.3, 0.4) is 0 Å². The molecule has 2 atom stereocenters. The summed E-state index contributed by atoms with van der Waals surface area (Å²) in [5, 5.41) is 22.4. The first kappa shape index (κ1) is 18.1. The molecule has 0 radical (unpaired) electrons. The van der Waals surface area contributed by atoms with Crippen molar-refractivity contribution in [1.29, 1.82) is 0 Å². The van der Waals surface area contributed by atoms with Crippen LogP contribution in [0.2, 0.25) is 6.32 Å². The second kappa shape index (κ2) is 7.03. The largest absolute Gasteiger partial charge is 0.535 e. The van der Waals surface area contributed by atoms with E-state index in [1.54, 1.807) is 12.1 Å². The molecule has 10 heteroatoms. The van der Waals surface area contributed by atoms with Crippen LogP contribution in [0.5, 0.6) is 11.5 Å². The minimum Gasteiger partial charge on any atom is -0.535 e. The van der Waals surface area contributed by atoms with Crippen LogP contribution in [0.1, 0.15) is 22.3 Å². The maximum absolute atomic E-state index is 11.8. The summed E-state index contributed by atoms with van der Waals surface area (Å²) in [6, 6.07) is 3.38. The Kier molecular flexibility index (Phi) is 4.71. The molecule has 27 heavy (non-hydrogen) atoms. The zero-order valence-corrected chi connectivity index (χ0v) is 14.8. The topological polar surface area (TPSA) is 134 Å². The van der Waals surface area contributed by atoms with E-state index in [0.717, 1.165) is 5.56 Å². The lowest BCUT2D eigenvalue weighted by molar-refractivity contribution is -0.119. The molecular formula is C17H22BN3O6. The fourth-order valence-electron chi connectivity index (χ4n) is 3.95. The predicted molar refractivity (Wildman–Crippen MR) is 95.9 cm³/mol. The third kappa shape index (κ3) is 3.47. The van der Waals surface area contributed by atoms with Crippen molar-refractivity contribution in [1.82, 2.24) is 10.2 Å². The number of primary amides is 1. The second-order valence-corrected chi connectivity index (χ2v) is 7.29. The van der Waals surface area contributed by atoms with E-state index in [-0.39, 0.29) is 41.2 Å². The number of nitrogens with one attached hydrogen (secondary N) is 1. The van der Waals surface area contributed by atoms with E-state index in [1.165, 1.54) is 0 Å². The van der Waals surface area contributed by atoms with Crippen molar-refractivity contribution in [2.45, 2.75) is 37.3 Å². The minimum atomic E-state index is -1.14. The zero-order valence-electron chi connectivity index (χ0n) is 14.8. The number of benzene rings is 1. The van der Waals surface area contributed by atoms with Gasteiger partial charge in [-0.05, 0) is 30.8 Å². The Morgan fingerprint density at radius 2 is 2.15 bits per heavy atom. The number of nitrogens with two attached hydrogens (primary N) is 1. The number of hydrogen-bond donors (Lipinski definition) is 4. The second-order valence-electron chi connectivity index (χ2n) is 7.29. The van der Waals surface area contributed by atoms with E-state index in [4.69, 9.17) is 15.1 Å². The van der Waals surface area contributed by atoms with Crippen molar-refractivity contribution < 1.29 is 29.1 Å². The van der Waals surface area contributed by atoms with E-state index in [2.05, 4.69) is 10.2 Å². The molecule has 2 fully saturated rings. The third-order valence-corrected chi connectivity index (χ3v) is 5.47. The lowest BCUT2D eigenvalue weighted by Gasteiger charge is -2.42. The van der Waals surface area contributed by atoms with Gasteiger partial charge < -0.3 is 30.6 Å². The fraction of sp³-hybridized carbons (Fsp3) is 0.529. The molecule has 4 rings (SSSR count). The number of aryl methyl sites for hydroxylation is 1. The number of fused-ring (bicyclic) bond motifs is 1. The molecule has 0 bridgehead atoms. The molecule has 1 amide bonds. The first-order valence-electron chi connectivity index (χ1n) is 9.09. The number of nitrogens with zero attached hydrogens (tertiary/aromatic N) is 1. The van der Waals surface area contributed by atoms with Crippen molar-refractivity contribution in [3.63, 3.8) is 0 Å². The van der Waals surface area contributed by atoms with Crippen molar-refractivity contribution >= 4 is 19.0 Å². The molecule has 3 aliphatic heterocycles. The lowest BCUT2D eigenvalue weighted by atomic mass is 9.78. The van der Waals surface area contributed by atoms with Gasteiger partial charge in [0.25, 0.3) is 0 Å². The van der Waals surface area contributed by atoms with E-state index < -0.39 is 13.1 Å². The van der Waals surface area contributed by atoms with Gasteiger partial charge in [0, 0.05) is 25.7 Å². The normalized spacial score (nSPS) is 25.4. The van der Waals surface area contributed by atoms with Crippen LogP contribution in [0.4, 0.5) is 0 Å². The number of hydrogen-bond acceptors (Lipinski definition) is 7. The van der Waals surface area contributed by atoms with E-state index in [1.807, 2.05) is 0 Å². The Morgan fingerprint density at radius 3 is 2.81 bits per heavy atom. The Hall–Kier alpha value is -2.30. The number of carbonyl (C=O) groups excluding carboxylic acids is 1. The number of amides is 1. The molecule has 0 aromatic heterocycles. The molecule has 5 N–H and O–H groups in total. The Morgan fingerprint density at radius 1 is 1.37 bits per heavy atom. The summed E-state index contributed by atoms with van der Waals surface area (Å²) in [5.74, 6) is -1.04. The first-order chi connectivity index (χ1) is 12.9. The van der Waals surface area contributed by atoms with Crippen LogP contribution < -0.4 is 20.4 Å². The van der Waals surface area contributed by atoms with Crippen LogP contribution >= 0.6 is 0 Å². The standard InChI is InChI=1S/C17H22BN3O6/c19-16(22)12-5-10(6-20-12)21-7-11(8-21)26-13-2-1-9-3-4-18(25)27-15(9)14(13)17(23)24/h1-2,10-12,20,25H,3-8H2,(H2,19,22)(H,23,24)/t10-,12+/m1/s1. The van der Waals surface area contributed by atoms with Crippen molar-refractivity contribution in [3.05, 3.63) is 23.3 Å². The maximum atomic E-state index is 11.8. The fourth-order valence-corrected chi connectivity index (χ4v) is 3.95. The van der Waals surface area contributed by atoms with Crippen LogP contribution in [0, 0.1) is 0 Å². The average molecular weight is 375 g/mol. The highest BCUT2D eigenvalue weighted by molar-refractivity contribution is 6.44. The van der Waals surface area contributed by atoms with Crippen molar-refractivity contribution in [3.8, 4) is 11.5 Å². The SMILES string of the molecule is NC(=O)[C@@H]1C[C@@H](N2CC(Oc3ccc4c(c3C(=O)O)OB(O)CC4)C2)CN1. The molecule has 0 spiro atoms. The van der Waals surface area contributed by atoms with Crippen LogP contribution in [0.15, 0.2) is 12.1 Å². The molecule has 3 heterocycles. The van der Waals surface area contributed by atoms with Gasteiger partial charge in [-0.1, -0.05) is 6.07 Å². The quantitative estimate of drug-likeness (QED) is 0.486. The molecule has 9 nitrogen and oxygen atoms in total. The summed E-state index contributed by atoms with van der Waals surface area (Å²) in [6.07, 6.45) is 1.53. The summed E-state index contributed by atoms with van der Waals surface area (Å²) in [6.45, 7) is 2.00. The van der Waals surface area contributed by atoms with E-state index in [9.17, 15) is 19.7 Å². The Labute approximate surface area is 156 Å². The highest BCUT2D eigenvalue weighted by Crippen LogP contribution is 2.37. The summed E-state index contributed by atoms with van der Waals surface area (Å²) in [7, 11) is -1.00. The summed E-state index contributed by atoms with van der Waals surface area (Å²) < 4.78 is 11.3. The van der Waals surface area contributed by atoms with Gasteiger partial charge in [0.2, 0.25) is 5.91 Å². The van der Waals surface area contributed by atoms with E-state index >= 15 is 0 Å². The zero-order chi connectivity index (χ0) is 19.1. The van der Waals surface area contributed by atoms with Crippen LogP contribution in [-0.4, -0.2) is 71.8 Å². The van der Waals surface area contributed by atoms with Crippen LogP contribution in [-0.2, 0) is 11.2 Å². The number of likely N-dealkylation sites (tertiary alicyclic amines) is 1. The molecule has 1 aromatic rings. The van der Waals surface area contributed by atoms with Gasteiger partial charge in [0.05, 0.1) is 6.04 Å². The van der Waals surface area contributed by atoms with Gasteiger partial charge in [0.1, 0.15) is 23.2 Å². The summed E-state index contributed by atoms with van der Waals surface area (Å²) in [5.41, 5.74) is 6.05. The predicted octanol–water partition coefficient (Wildman–Crippen LogP) is -0.921. The molecule has 3 aliphatic rings. The summed E-state index contributed by atoms with van der Waals surface area (Å²) >= 11 is 0. The average Bonchev–Trinajstić information content (AvgIpc) is 3.06. The van der Waals surface area contributed by atoms with Gasteiger partial charge in [-0.25, -0.2) is 4.79 Å². The lowest BCUT2D eigenvalue weighted by Crippen LogP contribution is -2.58. The summed E-state index contributed by atoms with van der Waals surface area (Å²) in [4.78, 5) is 25.2. The third-order valence-electron chi connectivity index (χ3n) is 5.47. The highest BCUT2D eigenvalue weighted by atomic mass is 16.5. The Balaban J connectivity index is 1.42. The smallest absolute Gasteiger partial charge is 0.522 e. The van der Waals surface area contributed by atoms with Gasteiger partial charge >= 0.3 is 13.1 Å². The first-order valence-corrected chi connectivity index (χ1v) is 9.09. The molecule has 144 valence electrons. The molecule has 0 aliphatic carbocycles. The number of carboxylic acids is 1. The van der Waals surface area contributed by atoms with Crippen LogP contribution in [0.25, 0.3) is 0 Å². The highest BCUT2D eigenvalue weighted by Gasteiger charge is 2.40. The molecular weight excluding hydrogens is 353 g/mol. The number of rotatable bonds is 5. The van der Waals surface area contributed by atoms with E-state index in [0.29, 0.717) is 38.8 Å². The van der Waals surface area contributed by atoms with Crippen molar-refractivity contribution in [2.24, 2.45) is 5.73 Å². The molecule has 2 saturated heterocycles. The van der Waals surface area contributed by atoms with Crippen molar-refractivity contribution in [2.75, 3.05) is 19.6 Å². The molecule has 1 aromatic carbocycles. The Bertz CT molecular complexity index is 769. The minimum absolute atomic E-state index is 0.0407. The molecule has 0 saturated carbocycles. The number of carboxylic acid groups (broad SMARTS) is 1. The number of ether oxygens (including phenoxy) is 1. The maximum Gasteiger partial charge on any atom is 0.522 e. The number of carbonyl (C=O) groups is 2.